The molecule has 10 heteroatoms. The Balaban J connectivity index is 2.93. The van der Waals surface area contributed by atoms with Gasteiger partial charge in [-0.1, -0.05) is 0 Å². The van der Waals surface area contributed by atoms with E-state index in [9.17, 15) is 22.8 Å². The fourth-order valence-electron chi connectivity index (χ4n) is 1.32. The predicted molar refractivity (Wildman–Crippen MR) is 51.9 cm³/mol. The average Bonchev–Trinajstić information content (AvgIpc) is 2.26. The van der Waals surface area contributed by atoms with Crippen LogP contribution in [0.25, 0.3) is 11.5 Å². The van der Waals surface area contributed by atoms with Crippen molar-refractivity contribution in [3.05, 3.63) is 26.7 Å². The zero-order valence-electron chi connectivity index (χ0n) is 9.19. The van der Waals surface area contributed by atoms with Crippen LogP contribution in [0.4, 0.5) is 13.2 Å². The first-order chi connectivity index (χ1) is 8.21. The molecule has 0 atom stereocenters. The molecule has 0 aromatic carbocycles. The van der Waals surface area contributed by atoms with Crippen LogP contribution in [0.2, 0.25) is 0 Å². The highest BCUT2D eigenvalue weighted by Crippen LogP contribution is 2.26. The third kappa shape index (κ3) is 1.75. The topological polar surface area (TPSA) is 82.7 Å². The van der Waals surface area contributed by atoms with Crippen molar-refractivity contribution in [1.82, 2.24) is 24.3 Å². The summed E-state index contributed by atoms with van der Waals surface area (Å²) in [5, 5.41) is 3.12. The Morgan fingerprint density at radius 2 is 1.72 bits per heavy atom. The molecule has 0 N–H and O–H groups in total. The molecule has 0 saturated heterocycles. The highest BCUT2D eigenvalue weighted by molar-refractivity contribution is 5.47. The summed E-state index contributed by atoms with van der Waals surface area (Å²) < 4.78 is 38.7. The number of hydrogen-bond donors (Lipinski definition) is 0. The van der Waals surface area contributed by atoms with E-state index in [1.165, 1.54) is 0 Å². The second kappa shape index (κ2) is 3.62. The van der Waals surface area contributed by atoms with Crippen molar-refractivity contribution in [2.75, 3.05) is 0 Å². The van der Waals surface area contributed by atoms with E-state index in [-0.39, 0.29) is 5.82 Å². The third-order valence-electron chi connectivity index (χ3n) is 2.23. The standard InChI is InChI=1S/C8H6F3N5O2/c1-15-5(17)3-4(13-7(15)18)16(2)14-6(12-3)8(9,10)11/h1-2H3. The van der Waals surface area contributed by atoms with Gasteiger partial charge in [0.05, 0.1) is 0 Å². The van der Waals surface area contributed by atoms with Gasteiger partial charge in [-0.3, -0.25) is 9.36 Å². The SMILES string of the molecule is Cn1nc(C(F)(F)F)nc2c(=O)n(C)c(=O)nc1-2. The summed E-state index contributed by atoms with van der Waals surface area (Å²) in [4.78, 5) is 29.4. The van der Waals surface area contributed by atoms with Crippen LogP contribution < -0.4 is 11.2 Å². The maximum Gasteiger partial charge on any atom is 0.453 e. The minimum atomic E-state index is -4.78. The fourth-order valence-corrected chi connectivity index (χ4v) is 1.32. The molecule has 0 fully saturated rings. The Kier molecular flexibility index (Phi) is 2.45. The fraction of sp³-hybridized carbons (Fsp3) is 0.375. The monoisotopic (exact) mass is 261 g/mol. The highest BCUT2D eigenvalue weighted by atomic mass is 19.4. The van der Waals surface area contributed by atoms with Crippen molar-refractivity contribution in [1.29, 1.82) is 0 Å². The molecule has 2 aliphatic rings. The molecule has 0 unspecified atom stereocenters. The summed E-state index contributed by atoms with van der Waals surface area (Å²) in [6, 6.07) is 0. The van der Waals surface area contributed by atoms with Gasteiger partial charge in [0, 0.05) is 14.1 Å². The van der Waals surface area contributed by atoms with Crippen LogP contribution >= 0.6 is 0 Å². The van der Waals surface area contributed by atoms with E-state index in [4.69, 9.17) is 0 Å². The van der Waals surface area contributed by atoms with E-state index in [1.807, 2.05) is 0 Å². The van der Waals surface area contributed by atoms with Crippen molar-refractivity contribution in [3.63, 3.8) is 0 Å². The quantitative estimate of drug-likeness (QED) is 0.632. The zero-order valence-corrected chi connectivity index (χ0v) is 9.19. The van der Waals surface area contributed by atoms with Crippen molar-refractivity contribution in [3.8, 4) is 11.5 Å². The lowest BCUT2D eigenvalue weighted by Crippen LogP contribution is -2.37. The largest absolute Gasteiger partial charge is 0.453 e. The third-order valence-corrected chi connectivity index (χ3v) is 2.23. The van der Waals surface area contributed by atoms with Crippen molar-refractivity contribution >= 4 is 0 Å². The molecule has 0 aromatic heterocycles. The number of aryl methyl sites for hydroxylation is 1. The second-order valence-corrected chi connectivity index (χ2v) is 3.49. The van der Waals surface area contributed by atoms with Crippen LogP contribution in [-0.4, -0.2) is 24.3 Å². The van der Waals surface area contributed by atoms with Gasteiger partial charge in [0.1, 0.15) is 0 Å². The molecule has 2 heterocycles. The van der Waals surface area contributed by atoms with Gasteiger partial charge in [0.25, 0.3) is 11.4 Å². The zero-order chi connectivity index (χ0) is 13.7. The van der Waals surface area contributed by atoms with Gasteiger partial charge in [0.15, 0.2) is 11.5 Å². The molecule has 2 rings (SSSR count). The summed E-state index contributed by atoms with van der Waals surface area (Å²) in [7, 11) is 2.25. The molecule has 2 aliphatic heterocycles. The van der Waals surface area contributed by atoms with Crippen LogP contribution in [0.1, 0.15) is 5.82 Å². The highest BCUT2D eigenvalue weighted by Gasteiger charge is 2.37. The van der Waals surface area contributed by atoms with Gasteiger partial charge < -0.3 is 0 Å². The summed E-state index contributed by atoms with van der Waals surface area (Å²) in [5.41, 5.74) is -2.39. The van der Waals surface area contributed by atoms with E-state index in [0.717, 1.165) is 14.1 Å². The lowest BCUT2D eigenvalue weighted by molar-refractivity contribution is -0.146. The molecule has 18 heavy (non-hydrogen) atoms. The molecule has 0 aromatic rings. The molecular formula is C8H6F3N5O2. The number of nitrogens with zero attached hydrogens (tertiary/aromatic N) is 5. The minimum Gasteiger partial charge on any atom is -0.267 e. The first-order valence-corrected chi connectivity index (χ1v) is 4.61. The van der Waals surface area contributed by atoms with Gasteiger partial charge in [-0.2, -0.15) is 18.2 Å². The maximum absolute atomic E-state index is 12.5. The summed E-state index contributed by atoms with van der Waals surface area (Å²) in [6.07, 6.45) is -4.78. The molecule has 0 spiro atoms. The van der Waals surface area contributed by atoms with E-state index >= 15 is 0 Å². The van der Waals surface area contributed by atoms with Crippen molar-refractivity contribution in [2.24, 2.45) is 14.1 Å². The molecule has 0 aliphatic carbocycles. The molecule has 0 saturated carbocycles. The Morgan fingerprint density at radius 3 is 2.28 bits per heavy atom. The molecule has 96 valence electrons. The van der Waals surface area contributed by atoms with Crippen molar-refractivity contribution < 1.29 is 13.2 Å². The van der Waals surface area contributed by atoms with Gasteiger partial charge in [-0.25, -0.2) is 14.5 Å². The number of alkyl halides is 3. The molecular weight excluding hydrogens is 255 g/mol. The lowest BCUT2D eigenvalue weighted by atomic mass is 10.4. The molecule has 0 amide bonds. The minimum absolute atomic E-state index is 0.295. The summed E-state index contributed by atoms with van der Waals surface area (Å²) in [6.45, 7) is 0. The van der Waals surface area contributed by atoms with Gasteiger partial charge in [-0.05, 0) is 0 Å². The van der Waals surface area contributed by atoms with Gasteiger partial charge in [0.2, 0.25) is 0 Å². The first kappa shape index (κ1) is 12.2. The number of rotatable bonds is 0. The Bertz CT molecular complexity index is 702. The lowest BCUT2D eigenvalue weighted by Gasteiger charge is -2.12. The van der Waals surface area contributed by atoms with Gasteiger partial charge in [-0.15, -0.1) is 5.10 Å². The second-order valence-electron chi connectivity index (χ2n) is 3.49. The maximum atomic E-state index is 12.5. The predicted octanol–water partition coefficient (Wildman–Crippen LogP) is -0.607. The summed E-state index contributed by atoms with van der Waals surface area (Å²) >= 11 is 0. The van der Waals surface area contributed by atoms with E-state index < -0.39 is 28.9 Å². The summed E-state index contributed by atoms with van der Waals surface area (Å²) in [5.74, 6) is -1.76. The number of fused-ring (bicyclic) bond motifs is 1. The Morgan fingerprint density at radius 1 is 1.11 bits per heavy atom. The smallest absolute Gasteiger partial charge is 0.267 e. The van der Waals surface area contributed by atoms with Crippen LogP contribution in [0.3, 0.4) is 0 Å². The van der Waals surface area contributed by atoms with E-state index in [2.05, 4.69) is 15.1 Å². The van der Waals surface area contributed by atoms with Crippen molar-refractivity contribution in [2.45, 2.75) is 6.18 Å². The molecule has 7 nitrogen and oxygen atoms in total. The number of halogens is 3. The molecule has 0 radical (unpaired) electrons. The normalized spacial score (nSPS) is 12.1. The Hall–Kier alpha value is -2.26. The van der Waals surface area contributed by atoms with E-state index in [1.54, 1.807) is 0 Å². The van der Waals surface area contributed by atoms with Crippen LogP contribution in [-0.2, 0) is 20.3 Å². The van der Waals surface area contributed by atoms with Crippen LogP contribution in [0.5, 0.6) is 0 Å². The average molecular weight is 261 g/mol. The van der Waals surface area contributed by atoms with E-state index in [0.29, 0.717) is 9.25 Å². The van der Waals surface area contributed by atoms with Gasteiger partial charge >= 0.3 is 11.9 Å². The number of aromatic nitrogens is 5. The first-order valence-electron chi connectivity index (χ1n) is 4.61. The van der Waals surface area contributed by atoms with Crippen LogP contribution in [0.15, 0.2) is 9.59 Å². The Labute approximate surface area is 96.9 Å². The number of hydrogen-bond acceptors (Lipinski definition) is 5. The van der Waals surface area contributed by atoms with Crippen LogP contribution in [0, 0.1) is 0 Å². The molecule has 0 bridgehead atoms.